The molecule has 0 unspecified atom stereocenters. The maximum absolute atomic E-state index is 7.73. The zero-order valence-corrected chi connectivity index (χ0v) is 24.6. The minimum absolute atomic E-state index is 0.0793. The van der Waals surface area contributed by atoms with Crippen LogP contribution < -0.4 is 0 Å². The van der Waals surface area contributed by atoms with E-state index < -0.39 is 0 Å². The highest BCUT2D eigenvalue weighted by molar-refractivity contribution is 6.05. The highest BCUT2D eigenvalue weighted by atomic mass is 16.3. The Kier molecular flexibility index (Phi) is 5.73. The molecule has 0 bridgehead atoms. The molecule has 1 spiro atoms. The maximum Gasteiger partial charge on any atom is 0.187 e. The summed E-state index contributed by atoms with van der Waals surface area (Å²) in [5.41, 5.74) is 10.1. The van der Waals surface area contributed by atoms with Crippen molar-refractivity contribution >= 4 is 27.6 Å². The van der Waals surface area contributed by atoms with Crippen LogP contribution in [0.25, 0.3) is 72.1 Å². The van der Waals surface area contributed by atoms with E-state index in [0.717, 1.165) is 51.5 Å². The summed E-state index contributed by atoms with van der Waals surface area (Å²) >= 11 is 0. The molecule has 0 atom stereocenters. The van der Waals surface area contributed by atoms with Crippen molar-refractivity contribution in [3.8, 4) is 45.3 Å². The van der Waals surface area contributed by atoms with Crippen LogP contribution in [-0.2, 0) is 5.41 Å². The van der Waals surface area contributed by atoms with Gasteiger partial charge in [-0.2, -0.15) is 0 Å². The molecular weight excluding hydrogens is 552 g/mol. The normalized spacial score (nSPS) is 14.8. The second-order valence-electron chi connectivity index (χ2n) is 12.2. The number of fused-ring (bicyclic) bond motifs is 8. The van der Waals surface area contributed by atoms with Gasteiger partial charge in [0.2, 0.25) is 0 Å². The smallest absolute Gasteiger partial charge is 0.187 e. The summed E-state index contributed by atoms with van der Waals surface area (Å²) < 4.78 is 6.23. The Bertz CT molecular complexity index is 2320. The van der Waals surface area contributed by atoms with E-state index in [9.17, 15) is 0 Å². The first kappa shape index (κ1) is 25.9. The van der Waals surface area contributed by atoms with Crippen molar-refractivity contribution in [2.24, 2.45) is 0 Å². The van der Waals surface area contributed by atoms with Gasteiger partial charge in [-0.1, -0.05) is 110 Å². The SMILES string of the molecule is [C-]#[N+]c1ccc2c(c1)C1(CCCCC1)c1cccc(-c3nc(-c4ccccc4)nc(-c4ccc5c(c4)oc4ccccc45)n3)c1-2. The average Bonchev–Trinajstić information content (AvgIpc) is 3.61. The Hall–Kier alpha value is -5.60. The minimum atomic E-state index is -0.0793. The molecule has 5 nitrogen and oxygen atoms in total. The molecular formula is C40H28N4O. The van der Waals surface area contributed by atoms with E-state index in [0.29, 0.717) is 23.2 Å². The van der Waals surface area contributed by atoms with Gasteiger partial charge in [-0.15, -0.1) is 0 Å². The van der Waals surface area contributed by atoms with Gasteiger partial charge in [0, 0.05) is 32.9 Å². The summed E-state index contributed by atoms with van der Waals surface area (Å²) in [6.07, 6.45) is 5.80. The molecule has 5 heteroatoms. The highest BCUT2D eigenvalue weighted by Crippen LogP contribution is 2.58. The van der Waals surface area contributed by atoms with Crippen molar-refractivity contribution < 1.29 is 4.42 Å². The molecule has 2 aliphatic rings. The number of para-hydroxylation sites is 1. The topological polar surface area (TPSA) is 56.2 Å². The van der Waals surface area contributed by atoms with Crippen LogP contribution in [-0.4, -0.2) is 15.0 Å². The zero-order chi connectivity index (χ0) is 30.0. The number of hydrogen-bond donors (Lipinski definition) is 0. The number of furan rings is 1. The van der Waals surface area contributed by atoms with Crippen LogP contribution in [0.5, 0.6) is 0 Å². The lowest BCUT2D eigenvalue weighted by molar-refractivity contribution is 0.353. The summed E-state index contributed by atoms with van der Waals surface area (Å²) in [7, 11) is 0. The van der Waals surface area contributed by atoms with Gasteiger partial charge in [-0.05, 0) is 53.3 Å². The van der Waals surface area contributed by atoms with Crippen LogP contribution in [0.4, 0.5) is 5.69 Å². The standard InChI is InChI=1S/C40H28N4O/c1-41-27-18-20-30-33(24-27)40(21-8-3-9-22-40)32-15-10-14-31(36(30)32)39-43-37(25-11-4-2-5-12-25)42-38(44-39)26-17-19-29-28-13-6-7-16-34(28)45-35(29)23-26/h2,4-7,10-20,23-24H,3,8-9,21-22H2. The summed E-state index contributed by atoms with van der Waals surface area (Å²) in [5.74, 6) is 1.88. The van der Waals surface area contributed by atoms with E-state index in [1.165, 1.54) is 41.5 Å². The summed E-state index contributed by atoms with van der Waals surface area (Å²) in [6.45, 7) is 7.73. The first-order chi connectivity index (χ1) is 22.2. The molecule has 2 aromatic heterocycles. The average molecular weight is 581 g/mol. The van der Waals surface area contributed by atoms with E-state index in [2.05, 4.69) is 53.4 Å². The molecule has 2 aliphatic carbocycles. The predicted molar refractivity (Wildman–Crippen MR) is 179 cm³/mol. The molecule has 0 amide bonds. The molecule has 9 rings (SSSR count). The van der Waals surface area contributed by atoms with Crippen molar-refractivity contribution in [2.45, 2.75) is 37.5 Å². The van der Waals surface area contributed by atoms with E-state index >= 15 is 0 Å². The van der Waals surface area contributed by atoms with Gasteiger partial charge >= 0.3 is 0 Å². The Labute approximate surface area is 261 Å². The lowest BCUT2D eigenvalue weighted by Crippen LogP contribution is -2.28. The summed E-state index contributed by atoms with van der Waals surface area (Å²) in [4.78, 5) is 19.1. The molecule has 1 fully saturated rings. The van der Waals surface area contributed by atoms with Gasteiger partial charge in [0.15, 0.2) is 23.2 Å². The third-order valence-corrected chi connectivity index (χ3v) is 9.75. The van der Waals surface area contributed by atoms with Gasteiger partial charge < -0.3 is 4.42 Å². The van der Waals surface area contributed by atoms with Gasteiger partial charge in [0.1, 0.15) is 11.2 Å². The lowest BCUT2D eigenvalue weighted by Gasteiger charge is -2.36. The fraction of sp³-hybridized carbons (Fsp3) is 0.150. The monoisotopic (exact) mass is 580 g/mol. The highest BCUT2D eigenvalue weighted by Gasteiger charge is 2.44. The summed E-state index contributed by atoms with van der Waals surface area (Å²) in [5, 5.41) is 2.16. The van der Waals surface area contributed by atoms with Crippen molar-refractivity contribution in [1.82, 2.24) is 15.0 Å². The van der Waals surface area contributed by atoms with Gasteiger partial charge in [0.05, 0.1) is 6.57 Å². The molecule has 0 N–H and O–H groups in total. The number of hydrogen-bond acceptors (Lipinski definition) is 4. The third kappa shape index (κ3) is 3.96. The quantitative estimate of drug-likeness (QED) is 0.195. The molecule has 214 valence electrons. The maximum atomic E-state index is 7.73. The largest absolute Gasteiger partial charge is 0.456 e. The third-order valence-electron chi connectivity index (χ3n) is 9.75. The number of nitrogens with zero attached hydrogens (tertiary/aromatic N) is 4. The van der Waals surface area contributed by atoms with Gasteiger partial charge in [-0.25, -0.2) is 19.8 Å². The zero-order valence-electron chi connectivity index (χ0n) is 24.6. The molecule has 0 aliphatic heterocycles. The molecule has 1 saturated carbocycles. The lowest BCUT2D eigenvalue weighted by atomic mass is 9.67. The van der Waals surface area contributed by atoms with Crippen LogP contribution >= 0.6 is 0 Å². The molecule has 2 heterocycles. The van der Waals surface area contributed by atoms with Gasteiger partial charge in [-0.3, -0.25) is 0 Å². The first-order valence-electron chi connectivity index (χ1n) is 15.6. The van der Waals surface area contributed by atoms with E-state index in [-0.39, 0.29) is 5.41 Å². The van der Waals surface area contributed by atoms with Crippen molar-refractivity contribution in [3.05, 3.63) is 132 Å². The molecule has 45 heavy (non-hydrogen) atoms. The second-order valence-corrected chi connectivity index (χ2v) is 12.2. The number of aromatic nitrogens is 3. The molecule has 7 aromatic rings. The van der Waals surface area contributed by atoms with E-state index in [1.807, 2.05) is 60.7 Å². The first-order valence-corrected chi connectivity index (χ1v) is 15.6. The minimum Gasteiger partial charge on any atom is -0.456 e. The van der Waals surface area contributed by atoms with Crippen molar-refractivity contribution in [1.29, 1.82) is 0 Å². The van der Waals surface area contributed by atoms with Crippen LogP contribution in [0, 0.1) is 6.57 Å². The van der Waals surface area contributed by atoms with Crippen LogP contribution in [0.15, 0.2) is 114 Å². The van der Waals surface area contributed by atoms with Crippen molar-refractivity contribution in [3.63, 3.8) is 0 Å². The van der Waals surface area contributed by atoms with E-state index in [1.54, 1.807) is 0 Å². The van der Waals surface area contributed by atoms with Crippen LogP contribution in [0.3, 0.4) is 0 Å². The fourth-order valence-corrected chi connectivity index (χ4v) is 7.69. The Morgan fingerprint density at radius 2 is 1.33 bits per heavy atom. The molecule has 0 radical (unpaired) electrons. The Balaban J connectivity index is 1.28. The van der Waals surface area contributed by atoms with Gasteiger partial charge in [0.25, 0.3) is 0 Å². The molecule has 5 aromatic carbocycles. The Morgan fingerprint density at radius 1 is 0.578 bits per heavy atom. The number of benzene rings is 5. The second kappa shape index (κ2) is 9.97. The van der Waals surface area contributed by atoms with E-state index in [4.69, 9.17) is 25.9 Å². The fourth-order valence-electron chi connectivity index (χ4n) is 7.69. The van der Waals surface area contributed by atoms with Crippen LogP contribution in [0.2, 0.25) is 0 Å². The Morgan fingerprint density at radius 3 is 2.18 bits per heavy atom. The summed E-state index contributed by atoms with van der Waals surface area (Å²) in [6, 6.07) is 37.2. The number of rotatable bonds is 3. The predicted octanol–water partition coefficient (Wildman–Crippen LogP) is 10.6. The molecule has 0 saturated heterocycles. The van der Waals surface area contributed by atoms with Crippen molar-refractivity contribution in [2.75, 3.05) is 0 Å². The van der Waals surface area contributed by atoms with Crippen LogP contribution in [0.1, 0.15) is 43.2 Å².